The lowest BCUT2D eigenvalue weighted by atomic mass is 10.3. The van der Waals surface area contributed by atoms with E-state index in [-0.39, 0.29) is 5.91 Å². The van der Waals surface area contributed by atoms with Crippen molar-refractivity contribution in [1.29, 1.82) is 0 Å². The first-order valence-corrected chi connectivity index (χ1v) is 7.55. The maximum atomic E-state index is 12.2. The molecule has 4 rings (SSSR count). The molecule has 1 aliphatic rings. The number of nitrogens with one attached hydrogen (secondary N) is 1. The minimum atomic E-state index is -0.0264. The van der Waals surface area contributed by atoms with Crippen molar-refractivity contribution in [2.24, 2.45) is 0 Å². The normalized spacial score (nSPS) is 14.4. The number of amides is 1. The molecule has 1 N–H and O–H groups in total. The molecule has 1 amide bonds. The number of para-hydroxylation sites is 2. The zero-order chi connectivity index (χ0) is 14.9. The molecular weight excluding hydrogens is 278 g/mol. The quantitative estimate of drug-likeness (QED) is 0.787. The summed E-state index contributed by atoms with van der Waals surface area (Å²) in [5.41, 5.74) is 1.99. The van der Waals surface area contributed by atoms with E-state index < -0.39 is 0 Å². The fraction of sp³-hybridized carbons (Fsp3) is 0.294. The smallest absolute Gasteiger partial charge is 0.240 e. The SMILES string of the molecule is O=C(Cn1c(C2CC2)nc2ccccc21)NCc1ccco1. The zero-order valence-electron chi connectivity index (χ0n) is 12.2. The highest BCUT2D eigenvalue weighted by Gasteiger charge is 2.30. The lowest BCUT2D eigenvalue weighted by Gasteiger charge is -2.09. The van der Waals surface area contributed by atoms with Gasteiger partial charge in [0.1, 0.15) is 18.1 Å². The summed E-state index contributed by atoms with van der Waals surface area (Å²) in [4.78, 5) is 16.9. The van der Waals surface area contributed by atoms with Crippen LogP contribution in [0, 0.1) is 0 Å². The van der Waals surface area contributed by atoms with Crippen molar-refractivity contribution in [2.45, 2.75) is 31.8 Å². The van der Waals surface area contributed by atoms with Crippen molar-refractivity contribution in [2.75, 3.05) is 0 Å². The van der Waals surface area contributed by atoms with E-state index in [0.29, 0.717) is 19.0 Å². The number of furan rings is 1. The van der Waals surface area contributed by atoms with Crippen LogP contribution in [0.25, 0.3) is 11.0 Å². The zero-order valence-corrected chi connectivity index (χ0v) is 12.2. The number of aromatic nitrogens is 2. The molecule has 0 bridgehead atoms. The van der Waals surface area contributed by atoms with Crippen LogP contribution >= 0.6 is 0 Å². The van der Waals surface area contributed by atoms with Gasteiger partial charge in [-0.1, -0.05) is 12.1 Å². The molecule has 0 radical (unpaired) electrons. The number of fused-ring (bicyclic) bond motifs is 1. The van der Waals surface area contributed by atoms with E-state index in [1.54, 1.807) is 6.26 Å². The largest absolute Gasteiger partial charge is 0.467 e. The van der Waals surface area contributed by atoms with Crippen LogP contribution in [-0.4, -0.2) is 15.5 Å². The highest BCUT2D eigenvalue weighted by atomic mass is 16.3. The van der Waals surface area contributed by atoms with Crippen LogP contribution in [-0.2, 0) is 17.9 Å². The van der Waals surface area contributed by atoms with E-state index in [2.05, 4.69) is 5.32 Å². The lowest BCUT2D eigenvalue weighted by Crippen LogP contribution is -2.27. The fourth-order valence-corrected chi connectivity index (χ4v) is 2.71. The van der Waals surface area contributed by atoms with Crippen molar-refractivity contribution in [1.82, 2.24) is 14.9 Å². The number of carbonyl (C=O) groups is 1. The maximum absolute atomic E-state index is 12.2. The number of hydrogen-bond acceptors (Lipinski definition) is 3. The van der Waals surface area contributed by atoms with E-state index in [1.807, 2.05) is 41.0 Å². The van der Waals surface area contributed by atoms with Gasteiger partial charge in [-0.15, -0.1) is 0 Å². The Kier molecular flexibility index (Phi) is 3.18. The third-order valence-corrected chi connectivity index (χ3v) is 3.97. The molecule has 0 aliphatic heterocycles. The fourth-order valence-electron chi connectivity index (χ4n) is 2.71. The lowest BCUT2D eigenvalue weighted by molar-refractivity contribution is -0.121. The van der Waals surface area contributed by atoms with E-state index >= 15 is 0 Å². The highest BCUT2D eigenvalue weighted by Crippen LogP contribution is 2.40. The van der Waals surface area contributed by atoms with Gasteiger partial charge in [0.15, 0.2) is 0 Å². The van der Waals surface area contributed by atoms with Crippen LogP contribution in [0.4, 0.5) is 0 Å². The van der Waals surface area contributed by atoms with Crippen molar-refractivity contribution in [3.63, 3.8) is 0 Å². The van der Waals surface area contributed by atoms with Crippen LogP contribution in [0.2, 0.25) is 0 Å². The predicted molar refractivity (Wildman–Crippen MR) is 82.3 cm³/mol. The van der Waals surface area contributed by atoms with Crippen LogP contribution in [0.5, 0.6) is 0 Å². The molecule has 22 heavy (non-hydrogen) atoms. The number of rotatable bonds is 5. The monoisotopic (exact) mass is 295 g/mol. The second-order valence-corrected chi connectivity index (χ2v) is 5.68. The Morgan fingerprint density at radius 2 is 2.14 bits per heavy atom. The molecule has 5 heteroatoms. The number of nitrogens with zero attached hydrogens (tertiary/aromatic N) is 2. The third kappa shape index (κ3) is 2.50. The molecule has 1 fully saturated rings. The van der Waals surface area contributed by atoms with Gasteiger partial charge < -0.3 is 14.3 Å². The Labute approximate surface area is 127 Å². The Bertz CT molecular complexity index is 801. The van der Waals surface area contributed by atoms with Gasteiger partial charge >= 0.3 is 0 Å². The van der Waals surface area contributed by atoms with Gasteiger partial charge in [-0.05, 0) is 37.1 Å². The Balaban J connectivity index is 1.55. The molecule has 0 saturated heterocycles. The van der Waals surface area contributed by atoms with Gasteiger partial charge in [0.05, 0.1) is 23.8 Å². The van der Waals surface area contributed by atoms with Crippen LogP contribution in [0.15, 0.2) is 47.1 Å². The molecule has 2 heterocycles. The second kappa shape index (κ2) is 5.33. The number of carbonyl (C=O) groups excluding carboxylic acids is 1. The summed E-state index contributed by atoms with van der Waals surface area (Å²) in [6.45, 7) is 0.713. The van der Waals surface area contributed by atoms with E-state index in [0.717, 1.165) is 35.5 Å². The molecule has 5 nitrogen and oxygen atoms in total. The maximum Gasteiger partial charge on any atom is 0.240 e. The van der Waals surface area contributed by atoms with Crippen molar-refractivity contribution >= 4 is 16.9 Å². The summed E-state index contributed by atoms with van der Waals surface area (Å²) >= 11 is 0. The van der Waals surface area contributed by atoms with Crippen LogP contribution in [0.3, 0.4) is 0 Å². The second-order valence-electron chi connectivity index (χ2n) is 5.68. The summed E-state index contributed by atoms with van der Waals surface area (Å²) < 4.78 is 7.27. The third-order valence-electron chi connectivity index (χ3n) is 3.97. The summed E-state index contributed by atoms with van der Waals surface area (Å²) in [5.74, 6) is 2.27. The molecule has 0 unspecified atom stereocenters. The summed E-state index contributed by atoms with van der Waals surface area (Å²) in [5, 5.41) is 2.89. The number of benzene rings is 1. The molecule has 2 aromatic heterocycles. The van der Waals surface area contributed by atoms with Gasteiger partial charge in [-0.25, -0.2) is 4.98 Å². The van der Waals surface area contributed by atoms with E-state index in [9.17, 15) is 4.79 Å². The summed E-state index contributed by atoms with van der Waals surface area (Å²) in [6, 6.07) is 11.6. The predicted octanol–water partition coefficient (Wildman–Crippen LogP) is 2.82. The Morgan fingerprint density at radius 3 is 2.91 bits per heavy atom. The average molecular weight is 295 g/mol. The molecule has 0 atom stereocenters. The van der Waals surface area contributed by atoms with Gasteiger partial charge in [-0.3, -0.25) is 4.79 Å². The van der Waals surface area contributed by atoms with Crippen LogP contribution < -0.4 is 5.32 Å². The molecule has 1 aliphatic carbocycles. The molecule has 0 spiro atoms. The van der Waals surface area contributed by atoms with Crippen molar-refractivity contribution in [3.05, 3.63) is 54.2 Å². The van der Waals surface area contributed by atoms with E-state index in [4.69, 9.17) is 9.40 Å². The van der Waals surface area contributed by atoms with Gasteiger partial charge in [0.25, 0.3) is 0 Å². The van der Waals surface area contributed by atoms with Gasteiger partial charge in [0, 0.05) is 5.92 Å². The molecular formula is C17H17N3O2. The average Bonchev–Trinajstić information content (AvgIpc) is 3.12. The minimum Gasteiger partial charge on any atom is -0.467 e. The molecule has 112 valence electrons. The van der Waals surface area contributed by atoms with E-state index in [1.165, 1.54) is 0 Å². The van der Waals surface area contributed by atoms with Gasteiger partial charge in [0.2, 0.25) is 5.91 Å². The van der Waals surface area contributed by atoms with Crippen LogP contribution in [0.1, 0.15) is 30.3 Å². The van der Waals surface area contributed by atoms with Gasteiger partial charge in [-0.2, -0.15) is 0 Å². The standard InChI is InChI=1S/C17H17N3O2/c21-16(18-10-13-4-3-9-22-13)11-20-15-6-2-1-5-14(15)19-17(20)12-7-8-12/h1-6,9,12H,7-8,10-11H2,(H,18,21). The van der Waals surface area contributed by atoms with Crippen molar-refractivity contribution < 1.29 is 9.21 Å². The van der Waals surface area contributed by atoms with Crippen molar-refractivity contribution in [3.8, 4) is 0 Å². The highest BCUT2D eigenvalue weighted by molar-refractivity contribution is 5.81. The summed E-state index contributed by atoms with van der Waals surface area (Å²) in [6.07, 6.45) is 3.94. The Morgan fingerprint density at radius 1 is 1.27 bits per heavy atom. The first kappa shape index (κ1) is 13.1. The first-order valence-electron chi connectivity index (χ1n) is 7.55. The first-order chi connectivity index (χ1) is 10.8. The molecule has 3 aromatic rings. The molecule has 1 aromatic carbocycles. The number of hydrogen-bond donors (Lipinski definition) is 1. The topological polar surface area (TPSA) is 60.1 Å². The summed E-state index contributed by atoms with van der Waals surface area (Å²) in [7, 11) is 0. The number of imidazole rings is 1. The minimum absolute atomic E-state index is 0.0264. The Hall–Kier alpha value is -2.56. The molecule has 1 saturated carbocycles.